The fourth-order valence-electron chi connectivity index (χ4n) is 1.78. The highest BCUT2D eigenvalue weighted by Crippen LogP contribution is 2.13. The van der Waals surface area contributed by atoms with Gasteiger partial charge in [0.1, 0.15) is 6.29 Å². The molecular formula is C12H25NO. The Kier molecular flexibility index (Phi) is 6.81. The van der Waals surface area contributed by atoms with Crippen LogP contribution in [0.3, 0.4) is 0 Å². The van der Waals surface area contributed by atoms with Crippen LogP contribution in [0.2, 0.25) is 0 Å². The first-order valence-electron chi connectivity index (χ1n) is 5.67. The van der Waals surface area contributed by atoms with Crippen molar-refractivity contribution in [3.05, 3.63) is 0 Å². The maximum absolute atomic E-state index is 10.6. The summed E-state index contributed by atoms with van der Waals surface area (Å²) in [5.74, 6) is 0.857. The summed E-state index contributed by atoms with van der Waals surface area (Å²) in [7, 11) is 0. The normalized spacial score (nSPS) is 15.9. The number of hydrogen-bond donors (Lipinski definition) is 1. The fourth-order valence-corrected chi connectivity index (χ4v) is 1.78. The molecule has 1 unspecified atom stereocenters. The van der Waals surface area contributed by atoms with Gasteiger partial charge in [-0.05, 0) is 18.8 Å². The van der Waals surface area contributed by atoms with Gasteiger partial charge in [0.25, 0.3) is 0 Å². The summed E-state index contributed by atoms with van der Waals surface area (Å²) < 4.78 is 0. The van der Waals surface area contributed by atoms with E-state index in [1.807, 2.05) is 6.92 Å². The maximum Gasteiger partial charge on any atom is 0.122 e. The summed E-state index contributed by atoms with van der Waals surface area (Å²) in [5.41, 5.74) is 0. The Morgan fingerprint density at radius 3 is 2.00 bits per heavy atom. The molecule has 0 fully saturated rings. The Labute approximate surface area is 88.5 Å². The van der Waals surface area contributed by atoms with E-state index in [1.54, 1.807) is 0 Å². The van der Waals surface area contributed by atoms with E-state index in [4.69, 9.17) is 0 Å². The van der Waals surface area contributed by atoms with Gasteiger partial charge in [0.05, 0.1) is 0 Å². The number of carbonyl (C=O) groups excluding carboxylic acids is 1. The van der Waals surface area contributed by atoms with Crippen molar-refractivity contribution in [2.24, 2.45) is 11.8 Å². The van der Waals surface area contributed by atoms with E-state index in [0.717, 1.165) is 19.1 Å². The molecule has 0 amide bonds. The van der Waals surface area contributed by atoms with Crippen molar-refractivity contribution in [3.63, 3.8) is 0 Å². The Morgan fingerprint density at radius 1 is 1.07 bits per heavy atom. The molecule has 0 aliphatic rings. The topological polar surface area (TPSA) is 29.1 Å². The van der Waals surface area contributed by atoms with E-state index >= 15 is 0 Å². The van der Waals surface area contributed by atoms with Crippen molar-refractivity contribution in [2.75, 3.05) is 0 Å². The maximum atomic E-state index is 10.6. The first-order valence-corrected chi connectivity index (χ1v) is 5.67. The van der Waals surface area contributed by atoms with Crippen molar-refractivity contribution in [2.45, 2.75) is 59.5 Å². The minimum atomic E-state index is 0.171. The van der Waals surface area contributed by atoms with Crippen LogP contribution in [0.5, 0.6) is 0 Å². The summed E-state index contributed by atoms with van der Waals surface area (Å²) in [6.07, 6.45) is 3.16. The zero-order valence-electron chi connectivity index (χ0n) is 10.2. The van der Waals surface area contributed by atoms with Crippen LogP contribution in [-0.4, -0.2) is 18.4 Å². The summed E-state index contributed by atoms with van der Waals surface area (Å²) in [6.45, 7) is 10.7. The number of nitrogens with one attached hydrogen (secondary N) is 1. The molecule has 0 radical (unpaired) electrons. The molecule has 2 atom stereocenters. The smallest absolute Gasteiger partial charge is 0.122 e. The van der Waals surface area contributed by atoms with Gasteiger partial charge in [-0.2, -0.15) is 0 Å². The minimum Gasteiger partial charge on any atom is -0.312 e. The summed E-state index contributed by atoms with van der Waals surface area (Å²) >= 11 is 0. The Bertz CT molecular complexity index is 144. The summed E-state index contributed by atoms with van der Waals surface area (Å²) in [6, 6.07) is 0.979. The Balaban J connectivity index is 4.02. The molecule has 0 aromatic carbocycles. The second-order valence-corrected chi connectivity index (χ2v) is 5.00. The van der Waals surface area contributed by atoms with E-state index in [0.29, 0.717) is 18.0 Å². The minimum absolute atomic E-state index is 0.171. The van der Waals surface area contributed by atoms with Gasteiger partial charge < -0.3 is 10.1 Å². The molecule has 0 spiro atoms. The standard InChI is InChI=1S/C12H25NO/c1-9(2)6-12(13-10(3)4)7-11(5)8-14/h8-13H,6-7H2,1-5H3/t11?,12-/m0/s1. The average molecular weight is 199 g/mol. The van der Waals surface area contributed by atoms with Gasteiger partial charge in [0.2, 0.25) is 0 Å². The van der Waals surface area contributed by atoms with Gasteiger partial charge >= 0.3 is 0 Å². The Morgan fingerprint density at radius 2 is 1.64 bits per heavy atom. The van der Waals surface area contributed by atoms with Crippen LogP contribution in [-0.2, 0) is 4.79 Å². The number of carbonyl (C=O) groups is 1. The van der Waals surface area contributed by atoms with Crippen LogP contribution in [0.15, 0.2) is 0 Å². The molecule has 0 rings (SSSR count). The highest BCUT2D eigenvalue weighted by Gasteiger charge is 2.14. The third-order valence-corrected chi connectivity index (χ3v) is 2.21. The lowest BCUT2D eigenvalue weighted by molar-refractivity contribution is -0.111. The molecule has 1 N–H and O–H groups in total. The Hall–Kier alpha value is -0.370. The van der Waals surface area contributed by atoms with Gasteiger partial charge in [-0.15, -0.1) is 0 Å². The second kappa shape index (κ2) is 6.99. The SMILES string of the molecule is CC(C)C[C@@H](CC(C)C=O)NC(C)C. The predicted molar refractivity (Wildman–Crippen MR) is 61.4 cm³/mol. The first kappa shape index (κ1) is 13.6. The van der Waals surface area contributed by atoms with E-state index in [-0.39, 0.29) is 5.92 Å². The van der Waals surface area contributed by atoms with Crippen molar-refractivity contribution < 1.29 is 4.79 Å². The molecule has 0 aromatic rings. The molecule has 84 valence electrons. The second-order valence-electron chi connectivity index (χ2n) is 5.00. The fraction of sp³-hybridized carbons (Fsp3) is 0.917. The van der Waals surface area contributed by atoms with Crippen LogP contribution in [0, 0.1) is 11.8 Å². The molecule has 0 saturated heterocycles. The quantitative estimate of drug-likeness (QED) is 0.639. The molecule has 14 heavy (non-hydrogen) atoms. The molecule has 0 heterocycles. The predicted octanol–water partition coefficient (Wildman–Crippen LogP) is 2.62. The molecule has 0 saturated carbocycles. The molecule has 0 aliphatic carbocycles. The van der Waals surface area contributed by atoms with E-state index in [9.17, 15) is 4.79 Å². The summed E-state index contributed by atoms with van der Waals surface area (Å²) in [4.78, 5) is 10.6. The number of aldehydes is 1. The zero-order chi connectivity index (χ0) is 11.1. The van der Waals surface area contributed by atoms with Gasteiger partial charge in [-0.3, -0.25) is 0 Å². The lowest BCUT2D eigenvalue weighted by Gasteiger charge is -2.24. The van der Waals surface area contributed by atoms with Gasteiger partial charge in [-0.1, -0.05) is 34.6 Å². The zero-order valence-corrected chi connectivity index (χ0v) is 10.2. The molecular weight excluding hydrogens is 174 g/mol. The lowest BCUT2D eigenvalue weighted by atomic mass is 9.95. The molecule has 0 aliphatic heterocycles. The number of rotatable bonds is 7. The van der Waals surface area contributed by atoms with E-state index in [1.165, 1.54) is 0 Å². The third-order valence-electron chi connectivity index (χ3n) is 2.21. The van der Waals surface area contributed by atoms with Gasteiger partial charge in [0.15, 0.2) is 0 Å². The third kappa shape index (κ3) is 7.07. The van der Waals surface area contributed by atoms with Crippen LogP contribution < -0.4 is 5.32 Å². The molecule has 0 bridgehead atoms. The van der Waals surface area contributed by atoms with Crippen LogP contribution in [0.4, 0.5) is 0 Å². The lowest BCUT2D eigenvalue weighted by Crippen LogP contribution is -2.37. The van der Waals surface area contributed by atoms with Gasteiger partial charge in [0, 0.05) is 18.0 Å². The first-order chi connectivity index (χ1) is 6.45. The molecule has 2 nitrogen and oxygen atoms in total. The van der Waals surface area contributed by atoms with Crippen molar-refractivity contribution in [1.82, 2.24) is 5.32 Å². The highest BCUT2D eigenvalue weighted by molar-refractivity contribution is 5.52. The average Bonchev–Trinajstić information content (AvgIpc) is 2.01. The van der Waals surface area contributed by atoms with E-state index in [2.05, 4.69) is 33.0 Å². The molecule has 2 heteroatoms. The monoisotopic (exact) mass is 199 g/mol. The van der Waals surface area contributed by atoms with Gasteiger partial charge in [-0.25, -0.2) is 0 Å². The highest BCUT2D eigenvalue weighted by atomic mass is 16.1. The largest absolute Gasteiger partial charge is 0.312 e. The van der Waals surface area contributed by atoms with E-state index < -0.39 is 0 Å². The van der Waals surface area contributed by atoms with Crippen molar-refractivity contribution >= 4 is 6.29 Å². The van der Waals surface area contributed by atoms with Crippen molar-refractivity contribution in [1.29, 1.82) is 0 Å². The molecule has 0 aromatic heterocycles. The van der Waals surface area contributed by atoms with Crippen molar-refractivity contribution in [3.8, 4) is 0 Å². The summed E-state index contributed by atoms with van der Waals surface area (Å²) in [5, 5.41) is 3.52. The van der Waals surface area contributed by atoms with Crippen LogP contribution >= 0.6 is 0 Å². The van der Waals surface area contributed by atoms with Crippen LogP contribution in [0.1, 0.15) is 47.5 Å². The van der Waals surface area contributed by atoms with Crippen LogP contribution in [0.25, 0.3) is 0 Å². The number of hydrogen-bond acceptors (Lipinski definition) is 2.